The zero-order chi connectivity index (χ0) is 17.2. The van der Waals surface area contributed by atoms with Crippen molar-refractivity contribution in [2.24, 2.45) is 0 Å². The fraction of sp³-hybridized carbons (Fsp3) is 0.316. The summed E-state index contributed by atoms with van der Waals surface area (Å²) in [5.41, 5.74) is 2.58. The minimum Gasteiger partial charge on any atom is -0.335 e. The first-order valence-corrected chi connectivity index (χ1v) is 8.62. The number of amides is 1. The molecule has 1 fully saturated rings. The number of aromatic nitrogens is 4. The van der Waals surface area contributed by atoms with Crippen molar-refractivity contribution in [2.45, 2.75) is 25.8 Å². The lowest BCUT2D eigenvalue weighted by molar-refractivity contribution is 0.0666. The summed E-state index contributed by atoms with van der Waals surface area (Å²) >= 11 is 0. The Labute approximate surface area is 146 Å². The second kappa shape index (κ2) is 6.55. The van der Waals surface area contributed by atoms with Gasteiger partial charge in [0.1, 0.15) is 0 Å². The summed E-state index contributed by atoms with van der Waals surface area (Å²) in [4.78, 5) is 14.7. The molecular formula is C19H21N5O. The highest BCUT2D eigenvalue weighted by molar-refractivity contribution is 5.92. The molecule has 4 rings (SSSR count). The third-order valence-corrected chi connectivity index (χ3v) is 4.62. The second-order valence-electron chi connectivity index (χ2n) is 6.53. The minimum absolute atomic E-state index is 0.0109. The molecule has 6 heteroatoms. The first kappa shape index (κ1) is 15.6. The van der Waals surface area contributed by atoms with Crippen molar-refractivity contribution >= 4 is 5.91 Å². The number of piperidine rings is 1. The van der Waals surface area contributed by atoms with E-state index in [-0.39, 0.29) is 11.9 Å². The molecule has 3 heterocycles. The molecule has 1 amide bonds. The SMILES string of the molecule is Cc1cnn([C@@H]2CCCN(C(=O)c3ccn(-c4ccccc4)n3)C2)c1. The molecule has 25 heavy (non-hydrogen) atoms. The summed E-state index contributed by atoms with van der Waals surface area (Å²) in [6.45, 7) is 3.48. The monoisotopic (exact) mass is 335 g/mol. The molecule has 0 unspecified atom stereocenters. The van der Waals surface area contributed by atoms with E-state index in [2.05, 4.69) is 10.2 Å². The van der Waals surface area contributed by atoms with Crippen LogP contribution >= 0.6 is 0 Å². The number of carbonyl (C=O) groups excluding carboxylic acids is 1. The van der Waals surface area contributed by atoms with Crippen LogP contribution in [0.3, 0.4) is 0 Å². The van der Waals surface area contributed by atoms with Crippen molar-refractivity contribution in [1.29, 1.82) is 0 Å². The Kier molecular flexibility index (Phi) is 4.09. The van der Waals surface area contributed by atoms with Crippen LogP contribution in [0.15, 0.2) is 55.0 Å². The van der Waals surface area contributed by atoms with Crippen LogP contribution in [0.5, 0.6) is 0 Å². The lowest BCUT2D eigenvalue weighted by atomic mass is 10.1. The predicted molar refractivity (Wildman–Crippen MR) is 94.7 cm³/mol. The summed E-state index contributed by atoms with van der Waals surface area (Å²) < 4.78 is 3.73. The van der Waals surface area contributed by atoms with Crippen LogP contribution in [0.1, 0.15) is 34.9 Å². The highest BCUT2D eigenvalue weighted by atomic mass is 16.2. The van der Waals surface area contributed by atoms with Crippen molar-refractivity contribution in [3.63, 3.8) is 0 Å². The van der Waals surface area contributed by atoms with Gasteiger partial charge in [0.15, 0.2) is 5.69 Å². The molecule has 0 aliphatic carbocycles. The number of hydrogen-bond donors (Lipinski definition) is 0. The zero-order valence-corrected chi connectivity index (χ0v) is 14.2. The van der Waals surface area contributed by atoms with Crippen LogP contribution in [0.4, 0.5) is 0 Å². The number of benzene rings is 1. The Morgan fingerprint density at radius 1 is 1.20 bits per heavy atom. The van der Waals surface area contributed by atoms with Gasteiger partial charge < -0.3 is 4.90 Å². The van der Waals surface area contributed by atoms with Gasteiger partial charge in [0, 0.05) is 25.5 Å². The van der Waals surface area contributed by atoms with Gasteiger partial charge in [-0.3, -0.25) is 9.48 Å². The predicted octanol–water partition coefficient (Wildman–Crippen LogP) is 2.85. The van der Waals surface area contributed by atoms with E-state index in [9.17, 15) is 4.79 Å². The van der Waals surface area contributed by atoms with E-state index in [1.165, 1.54) is 0 Å². The number of para-hydroxylation sites is 1. The molecule has 3 aromatic rings. The Hall–Kier alpha value is -2.89. The van der Waals surface area contributed by atoms with Gasteiger partial charge >= 0.3 is 0 Å². The van der Waals surface area contributed by atoms with Gasteiger partial charge in [-0.05, 0) is 43.5 Å². The molecule has 1 aliphatic heterocycles. The normalized spacial score (nSPS) is 17.6. The number of carbonyl (C=O) groups is 1. The number of rotatable bonds is 3. The summed E-state index contributed by atoms with van der Waals surface area (Å²) in [7, 11) is 0. The molecular weight excluding hydrogens is 314 g/mol. The van der Waals surface area contributed by atoms with Gasteiger partial charge in [0.2, 0.25) is 0 Å². The Morgan fingerprint density at radius 2 is 2.04 bits per heavy atom. The topological polar surface area (TPSA) is 56.0 Å². The van der Waals surface area contributed by atoms with E-state index < -0.39 is 0 Å². The number of aryl methyl sites for hydroxylation is 1. The van der Waals surface area contributed by atoms with Crippen LogP contribution in [0.2, 0.25) is 0 Å². The molecule has 1 aliphatic rings. The van der Waals surface area contributed by atoms with Crippen LogP contribution in [-0.4, -0.2) is 43.5 Å². The van der Waals surface area contributed by atoms with Gasteiger partial charge in [-0.25, -0.2) is 4.68 Å². The van der Waals surface area contributed by atoms with Gasteiger partial charge in [-0.1, -0.05) is 18.2 Å². The smallest absolute Gasteiger partial charge is 0.274 e. The van der Waals surface area contributed by atoms with E-state index in [0.29, 0.717) is 12.2 Å². The molecule has 6 nitrogen and oxygen atoms in total. The molecule has 0 radical (unpaired) electrons. The largest absolute Gasteiger partial charge is 0.335 e. The highest BCUT2D eigenvalue weighted by Gasteiger charge is 2.27. The molecule has 128 valence electrons. The molecule has 1 saturated heterocycles. The molecule has 0 spiro atoms. The van der Waals surface area contributed by atoms with E-state index in [0.717, 1.165) is 30.6 Å². The van der Waals surface area contributed by atoms with Gasteiger partial charge in [0.05, 0.1) is 17.9 Å². The summed E-state index contributed by atoms with van der Waals surface area (Å²) in [5, 5.41) is 8.87. The standard InChI is InChI=1S/C19H21N5O/c1-15-12-20-24(13-15)17-8-5-10-22(14-17)19(25)18-9-11-23(21-18)16-6-3-2-4-7-16/h2-4,6-7,9,11-13,17H,5,8,10,14H2,1H3/t17-/m1/s1. The Balaban J connectivity index is 1.50. The number of hydrogen-bond acceptors (Lipinski definition) is 3. The van der Waals surface area contributed by atoms with E-state index in [1.807, 2.05) is 65.4 Å². The maximum Gasteiger partial charge on any atom is 0.274 e. The van der Waals surface area contributed by atoms with Gasteiger partial charge in [-0.2, -0.15) is 10.2 Å². The molecule has 1 atom stereocenters. The maximum atomic E-state index is 12.8. The van der Waals surface area contributed by atoms with Crippen molar-refractivity contribution in [2.75, 3.05) is 13.1 Å². The summed E-state index contributed by atoms with van der Waals surface area (Å²) in [6, 6.07) is 11.8. The minimum atomic E-state index is -0.0109. The quantitative estimate of drug-likeness (QED) is 0.739. The van der Waals surface area contributed by atoms with E-state index >= 15 is 0 Å². The second-order valence-corrected chi connectivity index (χ2v) is 6.53. The highest BCUT2D eigenvalue weighted by Crippen LogP contribution is 2.22. The van der Waals surface area contributed by atoms with E-state index in [1.54, 1.807) is 10.7 Å². The molecule has 2 aromatic heterocycles. The van der Waals surface area contributed by atoms with Crippen LogP contribution in [-0.2, 0) is 0 Å². The fourth-order valence-corrected chi connectivity index (χ4v) is 3.31. The third kappa shape index (κ3) is 3.20. The number of nitrogens with zero attached hydrogens (tertiary/aromatic N) is 5. The zero-order valence-electron chi connectivity index (χ0n) is 14.2. The van der Waals surface area contributed by atoms with Crippen molar-refractivity contribution in [3.05, 3.63) is 66.2 Å². The molecule has 0 saturated carbocycles. The molecule has 0 N–H and O–H groups in total. The number of likely N-dealkylation sites (tertiary alicyclic amines) is 1. The lowest BCUT2D eigenvalue weighted by Crippen LogP contribution is -2.41. The molecule has 1 aromatic carbocycles. The van der Waals surface area contributed by atoms with Crippen molar-refractivity contribution < 1.29 is 4.79 Å². The van der Waals surface area contributed by atoms with Gasteiger partial charge in [-0.15, -0.1) is 0 Å². The van der Waals surface area contributed by atoms with Crippen molar-refractivity contribution in [1.82, 2.24) is 24.5 Å². The fourth-order valence-electron chi connectivity index (χ4n) is 3.31. The Morgan fingerprint density at radius 3 is 2.80 bits per heavy atom. The Bertz CT molecular complexity index is 867. The molecule has 0 bridgehead atoms. The summed E-state index contributed by atoms with van der Waals surface area (Å²) in [6.07, 6.45) is 7.77. The van der Waals surface area contributed by atoms with E-state index in [4.69, 9.17) is 0 Å². The average Bonchev–Trinajstić information content (AvgIpc) is 3.31. The average molecular weight is 335 g/mol. The lowest BCUT2D eigenvalue weighted by Gasteiger charge is -2.32. The van der Waals surface area contributed by atoms with Crippen LogP contribution in [0.25, 0.3) is 5.69 Å². The summed E-state index contributed by atoms with van der Waals surface area (Å²) in [5.74, 6) is -0.0109. The van der Waals surface area contributed by atoms with Gasteiger partial charge in [0.25, 0.3) is 5.91 Å². The first-order chi connectivity index (χ1) is 12.2. The first-order valence-electron chi connectivity index (χ1n) is 8.62. The maximum absolute atomic E-state index is 12.8. The van der Waals surface area contributed by atoms with Crippen molar-refractivity contribution in [3.8, 4) is 5.69 Å². The third-order valence-electron chi connectivity index (χ3n) is 4.62. The van der Waals surface area contributed by atoms with Crippen LogP contribution in [0, 0.1) is 6.92 Å². The van der Waals surface area contributed by atoms with Crippen LogP contribution < -0.4 is 0 Å².